The molecule has 7 heteroatoms. The standard InChI is InChI=1S/C20H27N5O2/c1-22-18-7-3-2-6-17(18)21-19(22)14-24-8-4-5-16(13-24)20(27)25-11-9-23(15-26)10-12-25/h2-3,6-7,15-16H,4-5,8-14H2,1H3/t16-/m1/s1. The number of carbonyl (C=O) groups excluding carboxylic acids is 2. The van der Waals surface area contributed by atoms with Crippen molar-refractivity contribution in [3.63, 3.8) is 0 Å². The summed E-state index contributed by atoms with van der Waals surface area (Å²) >= 11 is 0. The highest BCUT2D eigenvalue weighted by Gasteiger charge is 2.31. The molecule has 0 aliphatic carbocycles. The Labute approximate surface area is 159 Å². The zero-order chi connectivity index (χ0) is 18.8. The van der Waals surface area contributed by atoms with Gasteiger partial charge in [0.25, 0.3) is 0 Å². The van der Waals surface area contributed by atoms with Gasteiger partial charge >= 0.3 is 0 Å². The second-order valence-electron chi connectivity index (χ2n) is 7.62. The molecular formula is C20H27N5O2. The number of nitrogens with zero attached hydrogens (tertiary/aromatic N) is 5. The normalized spacial score (nSPS) is 21.6. The fourth-order valence-corrected chi connectivity index (χ4v) is 4.24. The van der Waals surface area contributed by atoms with Crippen LogP contribution in [0, 0.1) is 5.92 Å². The minimum absolute atomic E-state index is 0.0521. The SMILES string of the molecule is Cn1c(CN2CCC[C@@H](C(=O)N3CCN(C=O)CC3)C2)nc2ccccc21. The number of fused-ring (bicyclic) bond motifs is 1. The van der Waals surface area contributed by atoms with E-state index in [-0.39, 0.29) is 11.8 Å². The van der Waals surface area contributed by atoms with Crippen LogP contribution in [0.5, 0.6) is 0 Å². The van der Waals surface area contributed by atoms with Crippen LogP contribution < -0.4 is 0 Å². The van der Waals surface area contributed by atoms with Crippen molar-refractivity contribution >= 4 is 23.4 Å². The first-order chi connectivity index (χ1) is 13.2. The number of piperazine rings is 1. The van der Waals surface area contributed by atoms with E-state index in [4.69, 9.17) is 4.98 Å². The van der Waals surface area contributed by atoms with E-state index >= 15 is 0 Å². The smallest absolute Gasteiger partial charge is 0.227 e. The van der Waals surface area contributed by atoms with E-state index < -0.39 is 0 Å². The van der Waals surface area contributed by atoms with Crippen LogP contribution in [0.3, 0.4) is 0 Å². The molecule has 2 aliphatic heterocycles. The van der Waals surface area contributed by atoms with Gasteiger partial charge in [0.05, 0.1) is 23.5 Å². The highest BCUT2D eigenvalue weighted by atomic mass is 16.2. The molecule has 2 aromatic rings. The summed E-state index contributed by atoms with van der Waals surface area (Å²) in [5.74, 6) is 1.34. The molecule has 2 saturated heterocycles. The number of hydrogen-bond acceptors (Lipinski definition) is 4. The Morgan fingerprint density at radius 1 is 1.19 bits per heavy atom. The first-order valence-corrected chi connectivity index (χ1v) is 9.76. The van der Waals surface area contributed by atoms with Crippen LogP contribution in [-0.4, -0.2) is 75.8 Å². The lowest BCUT2D eigenvalue weighted by Gasteiger charge is -2.38. The van der Waals surface area contributed by atoms with Gasteiger partial charge in [0.2, 0.25) is 12.3 Å². The third kappa shape index (κ3) is 3.69. The van der Waals surface area contributed by atoms with E-state index in [1.54, 1.807) is 4.90 Å². The Kier molecular flexibility index (Phi) is 5.11. The predicted molar refractivity (Wildman–Crippen MR) is 103 cm³/mol. The first-order valence-electron chi connectivity index (χ1n) is 9.76. The third-order valence-electron chi connectivity index (χ3n) is 5.87. The van der Waals surface area contributed by atoms with Crippen LogP contribution in [0.2, 0.25) is 0 Å². The van der Waals surface area contributed by atoms with E-state index in [2.05, 4.69) is 22.6 Å². The number of hydrogen-bond donors (Lipinski definition) is 0. The number of piperidine rings is 1. The lowest BCUT2D eigenvalue weighted by molar-refractivity contribution is -0.140. The number of carbonyl (C=O) groups is 2. The number of para-hydroxylation sites is 2. The molecule has 0 saturated carbocycles. The third-order valence-corrected chi connectivity index (χ3v) is 5.87. The fraction of sp³-hybridized carbons (Fsp3) is 0.550. The molecule has 144 valence electrons. The van der Waals surface area contributed by atoms with Crippen LogP contribution in [0.15, 0.2) is 24.3 Å². The minimum atomic E-state index is 0.0521. The van der Waals surface area contributed by atoms with Gasteiger partial charge < -0.3 is 14.4 Å². The maximum Gasteiger partial charge on any atom is 0.227 e. The predicted octanol–water partition coefficient (Wildman–Crippen LogP) is 1.09. The monoisotopic (exact) mass is 369 g/mol. The number of imidazole rings is 1. The molecule has 3 heterocycles. The van der Waals surface area contributed by atoms with Gasteiger partial charge in [-0.3, -0.25) is 14.5 Å². The summed E-state index contributed by atoms with van der Waals surface area (Å²) in [5.41, 5.74) is 2.16. The molecule has 1 aromatic carbocycles. The number of rotatable bonds is 4. The molecule has 0 unspecified atom stereocenters. The molecule has 0 radical (unpaired) electrons. The van der Waals surface area contributed by atoms with Crippen molar-refractivity contribution in [3.8, 4) is 0 Å². The summed E-state index contributed by atoms with van der Waals surface area (Å²) in [6.45, 7) is 5.16. The van der Waals surface area contributed by atoms with Crippen molar-refractivity contribution in [2.75, 3.05) is 39.3 Å². The minimum Gasteiger partial charge on any atom is -0.342 e. The summed E-state index contributed by atoms with van der Waals surface area (Å²) < 4.78 is 2.15. The summed E-state index contributed by atoms with van der Waals surface area (Å²) in [5, 5.41) is 0. The molecule has 7 nitrogen and oxygen atoms in total. The largest absolute Gasteiger partial charge is 0.342 e. The molecule has 2 fully saturated rings. The Hall–Kier alpha value is -2.41. The van der Waals surface area contributed by atoms with E-state index in [1.807, 2.05) is 23.1 Å². The van der Waals surface area contributed by atoms with Crippen molar-refractivity contribution in [1.29, 1.82) is 0 Å². The number of likely N-dealkylation sites (tertiary alicyclic amines) is 1. The molecule has 27 heavy (non-hydrogen) atoms. The van der Waals surface area contributed by atoms with Crippen LogP contribution in [0.4, 0.5) is 0 Å². The van der Waals surface area contributed by atoms with Gasteiger partial charge in [-0.1, -0.05) is 12.1 Å². The quantitative estimate of drug-likeness (QED) is 0.757. The highest BCUT2D eigenvalue weighted by Crippen LogP contribution is 2.22. The van der Waals surface area contributed by atoms with Crippen LogP contribution >= 0.6 is 0 Å². The Morgan fingerprint density at radius 2 is 1.96 bits per heavy atom. The number of aryl methyl sites for hydroxylation is 1. The summed E-state index contributed by atoms with van der Waals surface area (Å²) in [6, 6.07) is 8.18. The van der Waals surface area contributed by atoms with E-state index in [9.17, 15) is 9.59 Å². The van der Waals surface area contributed by atoms with Crippen molar-refractivity contribution in [3.05, 3.63) is 30.1 Å². The van der Waals surface area contributed by atoms with Gasteiger partial charge in [-0.2, -0.15) is 0 Å². The zero-order valence-electron chi connectivity index (χ0n) is 15.9. The van der Waals surface area contributed by atoms with Crippen LogP contribution in [0.1, 0.15) is 18.7 Å². The van der Waals surface area contributed by atoms with Crippen LogP contribution in [0.25, 0.3) is 11.0 Å². The molecule has 1 aromatic heterocycles. The molecule has 2 aliphatic rings. The number of aromatic nitrogens is 2. The molecule has 1 atom stereocenters. The van der Waals surface area contributed by atoms with Gasteiger partial charge in [0, 0.05) is 39.8 Å². The summed E-state index contributed by atoms with van der Waals surface area (Å²) in [4.78, 5) is 34.6. The Bertz CT molecular complexity index is 825. The molecule has 4 rings (SSSR count). The van der Waals surface area contributed by atoms with Crippen molar-refractivity contribution in [2.45, 2.75) is 19.4 Å². The maximum atomic E-state index is 12.9. The zero-order valence-corrected chi connectivity index (χ0v) is 15.9. The number of benzene rings is 1. The average Bonchev–Trinajstić information content (AvgIpc) is 3.03. The second-order valence-corrected chi connectivity index (χ2v) is 7.62. The van der Waals surface area contributed by atoms with E-state index in [0.29, 0.717) is 26.2 Å². The highest BCUT2D eigenvalue weighted by molar-refractivity contribution is 5.79. The first kappa shape index (κ1) is 18.0. The van der Waals surface area contributed by atoms with Gasteiger partial charge in [0.15, 0.2) is 0 Å². The van der Waals surface area contributed by atoms with Gasteiger partial charge in [0.1, 0.15) is 5.82 Å². The maximum absolute atomic E-state index is 12.9. The second kappa shape index (κ2) is 7.68. The van der Waals surface area contributed by atoms with Crippen LogP contribution in [-0.2, 0) is 23.2 Å². The summed E-state index contributed by atoms with van der Waals surface area (Å²) in [7, 11) is 2.06. The number of amides is 2. The van der Waals surface area contributed by atoms with Crippen molar-refractivity contribution < 1.29 is 9.59 Å². The van der Waals surface area contributed by atoms with Crippen molar-refractivity contribution in [2.24, 2.45) is 13.0 Å². The molecule has 2 amide bonds. The molecule has 0 N–H and O–H groups in total. The van der Waals surface area contributed by atoms with Crippen molar-refractivity contribution in [1.82, 2.24) is 24.3 Å². The average molecular weight is 369 g/mol. The molecule has 0 bridgehead atoms. The van der Waals surface area contributed by atoms with E-state index in [0.717, 1.165) is 55.7 Å². The Morgan fingerprint density at radius 3 is 2.70 bits per heavy atom. The topological polar surface area (TPSA) is 61.7 Å². The molecular weight excluding hydrogens is 342 g/mol. The van der Waals surface area contributed by atoms with Gasteiger partial charge in [-0.15, -0.1) is 0 Å². The van der Waals surface area contributed by atoms with Gasteiger partial charge in [-0.25, -0.2) is 4.98 Å². The lowest BCUT2D eigenvalue weighted by Crippen LogP contribution is -2.52. The van der Waals surface area contributed by atoms with E-state index in [1.165, 1.54) is 0 Å². The van der Waals surface area contributed by atoms with Gasteiger partial charge in [-0.05, 0) is 31.5 Å². The lowest BCUT2D eigenvalue weighted by atomic mass is 9.96. The summed E-state index contributed by atoms with van der Waals surface area (Å²) in [6.07, 6.45) is 2.86. The Balaban J connectivity index is 1.39. The fourth-order valence-electron chi connectivity index (χ4n) is 4.24. The molecule has 0 spiro atoms.